The van der Waals surface area contributed by atoms with Gasteiger partial charge in [-0.3, -0.25) is 4.79 Å². The lowest BCUT2D eigenvalue weighted by Gasteiger charge is -2.38. The number of carbonyl (C=O) groups is 1. The van der Waals surface area contributed by atoms with Crippen LogP contribution in [-0.2, 0) is 14.9 Å². The van der Waals surface area contributed by atoms with Gasteiger partial charge >= 0.3 is 5.97 Å². The number of nitrogens with one attached hydrogen (secondary N) is 2. The van der Waals surface area contributed by atoms with Crippen molar-refractivity contribution in [1.29, 1.82) is 0 Å². The number of hydrogen-bond acceptors (Lipinski definition) is 6. The number of nitrogens with zero attached hydrogens (tertiary/aromatic N) is 1. The summed E-state index contributed by atoms with van der Waals surface area (Å²) in [4.78, 5) is 15.7. The van der Waals surface area contributed by atoms with E-state index in [-0.39, 0.29) is 19.1 Å². The molecule has 2 heterocycles. The van der Waals surface area contributed by atoms with E-state index in [1.807, 2.05) is 30.3 Å². The van der Waals surface area contributed by atoms with E-state index in [2.05, 4.69) is 28.6 Å². The van der Waals surface area contributed by atoms with Gasteiger partial charge in [-0.2, -0.15) is 0 Å². The Hall–Kier alpha value is -2.64. The second-order valence-electron chi connectivity index (χ2n) is 7.33. The molecule has 0 aliphatic carbocycles. The molecule has 0 radical (unpaired) electrons. The number of hydrogen-bond donors (Lipinski definition) is 4. The first-order valence-corrected chi connectivity index (χ1v) is 9.59. The van der Waals surface area contributed by atoms with Crippen LogP contribution in [-0.4, -0.2) is 48.9 Å². The Balaban J connectivity index is 1.44. The number of ether oxygens (including phenoxy) is 1. The molecule has 1 fully saturated rings. The van der Waals surface area contributed by atoms with E-state index in [1.165, 1.54) is 0 Å². The van der Waals surface area contributed by atoms with Crippen LogP contribution in [0.2, 0.25) is 0 Å². The summed E-state index contributed by atoms with van der Waals surface area (Å²) in [7, 11) is 0. The molecule has 1 aliphatic rings. The van der Waals surface area contributed by atoms with Crippen molar-refractivity contribution in [2.45, 2.75) is 24.7 Å². The maximum absolute atomic E-state index is 11.7. The molecule has 150 valence electrons. The number of nitrogen functional groups attached to an aromatic ring is 1. The third-order valence-corrected chi connectivity index (χ3v) is 5.25. The fraction of sp³-hybridized carbons (Fsp3) is 0.429. The van der Waals surface area contributed by atoms with Crippen molar-refractivity contribution in [3.05, 3.63) is 53.7 Å². The molecule has 7 nitrogen and oxygen atoms in total. The Labute approximate surface area is 165 Å². The average Bonchev–Trinajstić information content (AvgIpc) is 2.65. The highest BCUT2D eigenvalue weighted by Gasteiger charge is 2.47. The number of aromatic nitrogens is 1. The number of pyridine rings is 1. The predicted molar refractivity (Wildman–Crippen MR) is 110 cm³/mol. The minimum absolute atomic E-state index is 0.243. The first-order chi connectivity index (χ1) is 13.5. The maximum Gasteiger partial charge on any atom is 0.318 e. The third kappa shape index (κ3) is 4.43. The van der Waals surface area contributed by atoms with Crippen LogP contribution in [0.25, 0.3) is 0 Å². The molecule has 1 aliphatic heterocycles. The van der Waals surface area contributed by atoms with E-state index in [0.717, 1.165) is 42.9 Å². The largest absolute Gasteiger partial charge is 0.480 e. The molecule has 0 saturated carbocycles. The van der Waals surface area contributed by atoms with Crippen LogP contribution in [0.1, 0.15) is 30.4 Å². The van der Waals surface area contributed by atoms with Crippen LogP contribution < -0.4 is 16.4 Å². The molecule has 2 aromatic rings. The zero-order valence-corrected chi connectivity index (χ0v) is 16.1. The van der Waals surface area contributed by atoms with Gasteiger partial charge in [0.15, 0.2) is 0 Å². The smallest absolute Gasteiger partial charge is 0.318 e. The second kappa shape index (κ2) is 9.03. The number of aliphatic carboxylic acids is 1. The van der Waals surface area contributed by atoms with Gasteiger partial charge in [0.05, 0.1) is 18.9 Å². The first-order valence-electron chi connectivity index (χ1n) is 9.59. The summed E-state index contributed by atoms with van der Waals surface area (Å²) in [5, 5.41) is 16.3. The highest BCUT2D eigenvalue weighted by atomic mass is 16.5. The van der Waals surface area contributed by atoms with E-state index >= 15 is 0 Å². The van der Waals surface area contributed by atoms with Gasteiger partial charge in [0, 0.05) is 19.3 Å². The molecular formula is C21H28N4O3. The van der Waals surface area contributed by atoms with Crippen LogP contribution in [0.3, 0.4) is 0 Å². The number of carboxylic acids is 1. The zero-order valence-electron chi connectivity index (χ0n) is 16.1. The SMILES string of the molecule is CC(CNCCCNc1cccnc1N)c1cccc(C2(C(=O)O)COC2)c1. The molecule has 1 aromatic carbocycles. The van der Waals surface area contributed by atoms with Crippen LogP contribution in [0.4, 0.5) is 11.5 Å². The van der Waals surface area contributed by atoms with Crippen LogP contribution in [0, 0.1) is 0 Å². The summed E-state index contributed by atoms with van der Waals surface area (Å²) in [6, 6.07) is 11.7. The molecule has 0 amide bonds. The molecular weight excluding hydrogens is 356 g/mol. The Morgan fingerprint density at radius 1 is 1.32 bits per heavy atom. The van der Waals surface area contributed by atoms with Crippen LogP contribution in [0.15, 0.2) is 42.6 Å². The summed E-state index contributed by atoms with van der Waals surface area (Å²) in [6.45, 7) is 5.15. The van der Waals surface area contributed by atoms with E-state index in [1.54, 1.807) is 6.20 Å². The van der Waals surface area contributed by atoms with Crippen molar-refractivity contribution >= 4 is 17.5 Å². The topological polar surface area (TPSA) is 110 Å². The van der Waals surface area contributed by atoms with Crippen molar-refractivity contribution in [1.82, 2.24) is 10.3 Å². The summed E-state index contributed by atoms with van der Waals surface area (Å²) in [5.41, 5.74) is 7.75. The Morgan fingerprint density at radius 3 is 2.82 bits per heavy atom. The molecule has 5 N–H and O–H groups in total. The normalized spacial score (nSPS) is 16.2. The molecule has 0 spiro atoms. The fourth-order valence-corrected chi connectivity index (χ4v) is 3.30. The molecule has 1 saturated heterocycles. The molecule has 1 atom stereocenters. The summed E-state index contributed by atoms with van der Waals surface area (Å²) < 4.78 is 5.19. The number of nitrogens with two attached hydrogens (primary N) is 1. The maximum atomic E-state index is 11.7. The van der Waals surface area contributed by atoms with E-state index < -0.39 is 11.4 Å². The van der Waals surface area contributed by atoms with Gasteiger partial charge in [-0.25, -0.2) is 4.98 Å². The number of benzene rings is 1. The lowest BCUT2D eigenvalue weighted by atomic mass is 9.77. The number of rotatable bonds is 10. The molecule has 3 rings (SSSR count). The molecule has 1 aromatic heterocycles. The monoisotopic (exact) mass is 384 g/mol. The van der Waals surface area contributed by atoms with E-state index in [9.17, 15) is 9.90 Å². The van der Waals surface area contributed by atoms with Gasteiger partial charge in [-0.15, -0.1) is 0 Å². The highest BCUT2D eigenvalue weighted by Crippen LogP contribution is 2.34. The van der Waals surface area contributed by atoms with Crippen molar-refractivity contribution in [2.24, 2.45) is 0 Å². The summed E-state index contributed by atoms with van der Waals surface area (Å²) in [5.74, 6) is -0.0166. The number of carboxylic acid groups (broad SMARTS) is 1. The van der Waals surface area contributed by atoms with Gasteiger partial charge in [0.2, 0.25) is 0 Å². The van der Waals surface area contributed by atoms with E-state index in [4.69, 9.17) is 10.5 Å². The standard InChI is InChI=1S/C21H28N4O3/c1-15(12-23-8-4-10-24-18-7-3-9-25-19(18)22)16-5-2-6-17(11-16)21(20(26)27)13-28-14-21/h2-3,5-7,9,11,15,23-24H,4,8,10,12-14H2,1H3,(H2,22,25)(H,26,27). The third-order valence-electron chi connectivity index (χ3n) is 5.25. The first kappa shape index (κ1) is 20.1. The van der Waals surface area contributed by atoms with Crippen LogP contribution in [0.5, 0.6) is 0 Å². The Bertz CT molecular complexity index is 808. The molecule has 0 bridgehead atoms. The van der Waals surface area contributed by atoms with Crippen molar-refractivity contribution < 1.29 is 14.6 Å². The average molecular weight is 384 g/mol. The van der Waals surface area contributed by atoms with Gasteiger partial charge in [-0.05, 0) is 42.1 Å². The van der Waals surface area contributed by atoms with Gasteiger partial charge in [0.25, 0.3) is 0 Å². The fourth-order valence-electron chi connectivity index (χ4n) is 3.30. The van der Waals surface area contributed by atoms with Crippen molar-refractivity contribution in [3.8, 4) is 0 Å². The van der Waals surface area contributed by atoms with Gasteiger partial charge in [0.1, 0.15) is 11.2 Å². The molecule has 28 heavy (non-hydrogen) atoms. The molecule has 1 unspecified atom stereocenters. The minimum Gasteiger partial charge on any atom is -0.480 e. The highest BCUT2D eigenvalue weighted by molar-refractivity contribution is 5.83. The molecule has 7 heteroatoms. The quantitative estimate of drug-likeness (QED) is 0.465. The lowest BCUT2D eigenvalue weighted by molar-refractivity contribution is -0.163. The van der Waals surface area contributed by atoms with Crippen molar-refractivity contribution in [2.75, 3.05) is 43.9 Å². The van der Waals surface area contributed by atoms with E-state index in [0.29, 0.717) is 5.82 Å². The lowest BCUT2D eigenvalue weighted by Crippen LogP contribution is -2.53. The second-order valence-corrected chi connectivity index (χ2v) is 7.33. The number of anilines is 2. The van der Waals surface area contributed by atoms with Crippen molar-refractivity contribution in [3.63, 3.8) is 0 Å². The van der Waals surface area contributed by atoms with Crippen LogP contribution >= 0.6 is 0 Å². The van der Waals surface area contributed by atoms with Gasteiger partial charge < -0.3 is 26.2 Å². The minimum atomic E-state index is -0.886. The zero-order chi connectivity index (χ0) is 20.0. The van der Waals surface area contributed by atoms with Gasteiger partial charge in [-0.1, -0.05) is 31.2 Å². The Kier molecular flexibility index (Phi) is 6.49. The Morgan fingerprint density at radius 2 is 2.14 bits per heavy atom. The summed E-state index contributed by atoms with van der Waals surface area (Å²) >= 11 is 0. The summed E-state index contributed by atoms with van der Waals surface area (Å²) in [6.07, 6.45) is 2.63. The predicted octanol–water partition coefficient (Wildman–Crippen LogP) is 2.21.